The Hall–Kier alpha value is -3.17. The number of anilines is 2. The molecular weight excluding hydrogens is 324 g/mol. The van der Waals surface area contributed by atoms with Crippen molar-refractivity contribution in [3.8, 4) is 0 Å². The number of aromatic nitrogens is 2. The highest BCUT2D eigenvalue weighted by Crippen LogP contribution is 2.19. The zero-order valence-corrected chi connectivity index (χ0v) is 13.9. The Bertz CT molecular complexity index is 699. The number of hydrogen-bond acceptors (Lipinski definition) is 8. The third-order valence-electron chi connectivity index (χ3n) is 3.55. The monoisotopic (exact) mass is 346 g/mol. The number of hydrogen-bond donors (Lipinski definition) is 6. The molecule has 1 aromatic heterocycles. The summed E-state index contributed by atoms with van der Waals surface area (Å²) < 4.78 is 0. The minimum atomic E-state index is -0.761. The van der Waals surface area contributed by atoms with Crippen molar-refractivity contribution in [2.45, 2.75) is 38.3 Å². The molecule has 8 N–H and O–H groups in total. The average molecular weight is 346 g/mol. The molecule has 10 heteroatoms. The van der Waals surface area contributed by atoms with Crippen LogP contribution < -0.4 is 27.4 Å². The van der Waals surface area contributed by atoms with Crippen LogP contribution >= 0.6 is 0 Å². The molecule has 0 unspecified atom stereocenters. The van der Waals surface area contributed by atoms with E-state index in [9.17, 15) is 9.59 Å². The molecule has 10 nitrogen and oxygen atoms in total. The molecule has 2 rings (SSSR count). The number of amides is 2. The second-order valence-corrected chi connectivity index (χ2v) is 5.63. The molecule has 1 aliphatic carbocycles. The van der Waals surface area contributed by atoms with Crippen molar-refractivity contribution >= 4 is 29.7 Å². The molecule has 25 heavy (non-hydrogen) atoms. The predicted octanol–water partition coefficient (Wildman–Crippen LogP) is -0.0938. The van der Waals surface area contributed by atoms with E-state index in [-0.39, 0.29) is 17.3 Å². The fourth-order valence-electron chi connectivity index (χ4n) is 1.99. The first-order chi connectivity index (χ1) is 11.9. The first-order valence-electron chi connectivity index (χ1n) is 7.91. The Balaban J connectivity index is 2.24. The quantitative estimate of drug-likeness (QED) is 0.321. The molecule has 1 saturated carbocycles. The van der Waals surface area contributed by atoms with Crippen molar-refractivity contribution in [2.24, 2.45) is 11.5 Å². The lowest BCUT2D eigenvalue weighted by molar-refractivity contribution is -0.118. The molecule has 0 aliphatic heterocycles. The average Bonchev–Trinajstić information content (AvgIpc) is 3.40. The largest absolute Gasteiger partial charge is 0.386 e. The Morgan fingerprint density at radius 3 is 2.68 bits per heavy atom. The van der Waals surface area contributed by atoms with Gasteiger partial charge in [-0.05, 0) is 19.3 Å². The first kappa shape index (κ1) is 18.2. The third-order valence-corrected chi connectivity index (χ3v) is 3.55. The topological polar surface area (TPSA) is 172 Å². The molecule has 0 spiro atoms. The standard InChI is InChI=1S/C15H22N8O2/c1-2-10(13(17)24)22-11-7-20-12(14(18)25)15(23-11)21-9(5-16)6-19-8-3-4-8/h5-8,10,16,19H,2-4H2,1H3,(H2,17,24)(H2,18,25)(H2,21,22,23)/b9-6+,16-5?/t10-/m1/s1. The molecule has 0 aromatic carbocycles. The minimum absolute atomic E-state index is 0.0724. The van der Waals surface area contributed by atoms with Crippen LogP contribution in [-0.2, 0) is 4.79 Å². The molecular formula is C15H22N8O2. The van der Waals surface area contributed by atoms with Gasteiger partial charge in [0.25, 0.3) is 5.91 Å². The van der Waals surface area contributed by atoms with Gasteiger partial charge in [-0.25, -0.2) is 9.97 Å². The van der Waals surface area contributed by atoms with Gasteiger partial charge in [0.1, 0.15) is 11.9 Å². The number of nitrogens with two attached hydrogens (primary N) is 2. The lowest BCUT2D eigenvalue weighted by atomic mass is 10.2. The summed E-state index contributed by atoms with van der Waals surface area (Å²) in [4.78, 5) is 31.1. The summed E-state index contributed by atoms with van der Waals surface area (Å²) in [5.74, 6) is -0.934. The molecule has 1 aliphatic rings. The van der Waals surface area contributed by atoms with E-state index in [1.165, 1.54) is 6.20 Å². The van der Waals surface area contributed by atoms with Gasteiger partial charge in [-0.15, -0.1) is 0 Å². The van der Waals surface area contributed by atoms with Crippen molar-refractivity contribution in [3.05, 3.63) is 23.8 Å². The number of primary amides is 2. The Labute approximate surface area is 145 Å². The van der Waals surface area contributed by atoms with Crippen LogP contribution in [0.25, 0.3) is 0 Å². The number of rotatable bonds is 10. The molecule has 0 saturated heterocycles. The number of nitrogens with zero attached hydrogens (tertiary/aromatic N) is 2. The molecule has 134 valence electrons. The maximum absolute atomic E-state index is 11.6. The Morgan fingerprint density at radius 1 is 1.44 bits per heavy atom. The van der Waals surface area contributed by atoms with E-state index in [0.717, 1.165) is 19.1 Å². The van der Waals surface area contributed by atoms with Gasteiger partial charge in [0, 0.05) is 18.5 Å². The molecule has 0 bridgehead atoms. The summed E-state index contributed by atoms with van der Waals surface area (Å²) in [5.41, 5.74) is 10.9. The van der Waals surface area contributed by atoms with Crippen LogP contribution in [0.3, 0.4) is 0 Å². The van der Waals surface area contributed by atoms with Gasteiger partial charge in [0.05, 0.1) is 11.9 Å². The van der Waals surface area contributed by atoms with E-state index >= 15 is 0 Å². The highest BCUT2D eigenvalue weighted by atomic mass is 16.1. The number of carbonyl (C=O) groups is 2. The van der Waals surface area contributed by atoms with Crippen molar-refractivity contribution in [3.63, 3.8) is 0 Å². The third kappa shape index (κ3) is 5.16. The van der Waals surface area contributed by atoms with E-state index in [4.69, 9.17) is 16.9 Å². The zero-order valence-electron chi connectivity index (χ0n) is 13.9. The maximum Gasteiger partial charge on any atom is 0.271 e. The lowest BCUT2D eigenvalue weighted by Gasteiger charge is -2.16. The maximum atomic E-state index is 11.6. The van der Waals surface area contributed by atoms with Gasteiger partial charge in [-0.3, -0.25) is 9.59 Å². The van der Waals surface area contributed by atoms with E-state index in [0.29, 0.717) is 18.2 Å². The summed E-state index contributed by atoms with van der Waals surface area (Å²) in [6.45, 7) is 1.80. The fourth-order valence-corrected chi connectivity index (χ4v) is 1.99. The van der Waals surface area contributed by atoms with E-state index < -0.39 is 17.9 Å². The van der Waals surface area contributed by atoms with Crippen LogP contribution in [0.5, 0.6) is 0 Å². The van der Waals surface area contributed by atoms with Crippen molar-refractivity contribution in [1.82, 2.24) is 15.3 Å². The smallest absolute Gasteiger partial charge is 0.271 e. The molecule has 1 fully saturated rings. The summed E-state index contributed by atoms with van der Waals surface area (Å²) in [5, 5.41) is 16.3. The summed E-state index contributed by atoms with van der Waals surface area (Å²) in [6.07, 6.45) is 6.65. The van der Waals surface area contributed by atoms with Crippen LogP contribution in [0.4, 0.5) is 11.6 Å². The number of allylic oxidation sites excluding steroid dienone is 1. The molecule has 1 heterocycles. The first-order valence-corrected chi connectivity index (χ1v) is 7.91. The van der Waals surface area contributed by atoms with Crippen LogP contribution in [0, 0.1) is 5.41 Å². The van der Waals surface area contributed by atoms with Crippen molar-refractivity contribution in [1.29, 1.82) is 5.41 Å². The van der Waals surface area contributed by atoms with Crippen molar-refractivity contribution in [2.75, 3.05) is 10.6 Å². The Morgan fingerprint density at radius 2 is 2.16 bits per heavy atom. The molecule has 0 radical (unpaired) electrons. The van der Waals surface area contributed by atoms with Crippen molar-refractivity contribution < 1.29 is 9.59 Å². The van der Waals surface area contributed by atoms with Gasteiger partial charge >= 0.3 is 0 Å². The molecule has 1 atom stereocenters. The highest BCUT2D eigenvalue weighted by Gasteiger charge is 2.20. The highest BCUT2D eigenvalue weighted by molar-refractivity contribution is 5.97. The molecule has 1 aromatic rings. The van der Waals surface area contributed by atoms with Gasteiger partial charge in [-0.1, -0.05) is 6.92 Å². The van der Waals surface area contributed by atoms with Gasteiger partial charge in [-0.2, -0.15) is 0 Å². The van der Waals surface area contributed by atoms with Crippen LogP contribution in [0.15, 0.2) is 18.1 Å². The van der Waals surface area contributed by atoms with Gasteiger partial charge < -0.3 is 32.8 Å². The van der Waals surface area contributed by atoms with Gasteiger partial charge in [0.2, 0.25) is 5.91 Å². The van der Waals surface area contributed by atoms with Gasteiger partial charge in [0.15, 0.2) is 11.5 Å². The van der Waals surface area contributed by atoms with Crippen LogP contribution in [0.2, 0.25) is 0 Å². The number of nitrogens with one attached hydrogen (secondary N) is 4. The predicted molar refractivity (Wildman–Crippen MR) is 94.1 cm³/mol. The Kier molecular flexibility index (Phi) is 5.88. The fraction of sp³-hybridized carbons (Fsp3) is 0.400. The van der Waals surface area contributed by atoms with E-state index in [2.05, 4.69) is 25.9 Å². The minimum Gasteiger partial charge on any atom is -0.386 e. The second-order valence-electron chi connectivity index (χ2n) is 5.63. The zero-order chi connectivity index (χ0) is 18.4. The van der Waals surface area contributed by atoms with E-state index in [1.807, 2.05) is 0 Å². The van der Waals surface area contributed by atoms with E-state index in [1.54, 1.807) is 13.1 Å². The second kappa shape index (κ2) is 8.08. The SMILES string of the molecule is CC[C@@H](Nc1cnc(C(N)=O)c(N/C(C=N)=C/NC2CC2)n1)C(N)=O. The molecule has 2 amide bonds. The normalized spacial score (nSPS) is 15.2. The van der Waals surface area contributed by atoms with Crippen LogP contribution in [-0.4, -0.2) is 40.1 Å². The number of carbonyl (C=O) groups excluding carboxylic acids is 2. The van der Waals surface area contributed by atoms with Crippen LogP contribution in [0.1, 0.15) is 36.7 Å². The summed E-state index contributed by atoms with van der Waals surface area (Å²) in [7, 11) is 0. The summed E-state index contributed by atoms with van der Waals surface area (Å²) >= 11 is 0. The lowest BCUT2D eigenvalue weighted by Crippen LogP contribution is -2.35. The summed E-state index contributed by atoms with van der Waals surface area (Å²) in [6, 6.07) is -0.205.